The Labute approximate surface area is 129 Å². The molecule has 0 aliphatic rings. The summed E-state index contributed by atoms with van der Waals surface area (Å²) in [5.41, 5.74) is 7.57. The number of thiocarbonyl (C=S) groups is 1. The van der Waals surface area contributed by atoms with Crippen molar-refractivity contribution >= 4 is 45.7 Å². The number of thioether (sulfide) groups is 1. The minimum absolute atomic E-state index is 0.126. The van der Waals surface area contributed by atoms with Crippen LogP contribution in [0, 0.1) is 0 Å². The van der Waals surface area contributed by atoms with Gasteiger partial charge in [0.2, 0.25) is 0 Å². The first-order valence-corrected chi connectivity index (χ1v) is 8.05. The molecule has 3 nitrogen and oxygen atoms in total. The van der Waals surface area contributed by atoms with E-state index < -0.39 is 0 Å². The number of pyridine rings is 1. The van der Waals surface area contributed by atoms with Gasteiger partial charge in [-0.2, -0.15) is 11.8 Å². The van der Waals surface area contributed by atoms with Crippen LogP contribution in [-0.4, -0.2) is 27.5 Å². The lowest BCUT2D eigenvalue weighted by atomic mass is 10.1. The summed E-state index contributed by atoms with van der Waals surface area (Å²) in [6, 6.07) is 9.96. The number of para-hydroxylation sites is 1. The number of nitrogens with zero attached hydrogens (tertiary/aromatic N) is 1. The fourth-order valence-corrected chi connectivity index (χ4v) is 2.18. The van der Waals surface area contributed by atoms with Crippen molar-refractivity contribution in [3.63, 3.8) is 0 Å². The maximum absolute atomic E-state index is 5.82. The summed E-state index contributed by atoms with van der Waals surface area (Å²) >= 11 is 6.95. The molecule has 0 atom stereocenters. The molecule has 0 spiro atoms. The van der Waals surface area contributed by atoms with E-state index in [1.807, 2.05) is 42.1 Å². The maximum atomic E-state index is 5.82. The molecule has 0 radical (unpaired) electrons. The Morgan fingerprint density at radius 2 is 2.10 bits per heavy atom. The number of nitrogens with one attached hydrogen (secondary N) is 1. The molecular formula is C15H19N3S2. The molecule has 20 heavy (non-hydrogen) atoms. The molecule has 3 N–H and O–H groups in total. The highest BCUT2D eigenvalue weighted by Crippen LogP contribution is 2.24. The van der Waals surface area contributed by atoms with Crippen molar-refractivity contribution < 1.29 is 0 Å². The third-order valence-electron chi connectivity index (χ3n) is 3.22. The van der Waals surface area contributed by atoms with Crippen molar-refractivity contribution in [2.75, 3.05) is 18.1 Å². The number of hydrogen-bond donors (Lipinski definition) is 2. The summed E-state index contributed by atoms with van der Waals surface area (Å²) in [5.74, 6) is 0.762. The number of fused-ring (bicyclic) bond motifs is 1. The van der Waals surface area contributed by atoms with Gasteiger partial charge in [0.05, 0.1) is 11.1 Å². The molecule has 1 aromatic carbocycles. The Morgan fingerprint density at radius 3 is 2.75 bits per heavy atom. The quantitative estimate of drug-likeness (QED) is 0.829. The highest BCUT2D eigenvalue weighted by molar-refractivity contribution is 7.99. The molecule has 1 heterocycles. The number of anilines is 1. The van der Waals surface area contributed by atoms with Crippen LogP contribution in [0.25, 0.3) is 10.9 Å². The molecule has 0 unspecified atom stereocenters. The predicted octanol–water partition coefficient (Wildman–Crippen LogP) is 3.42. The zero-order valence-electron chi connectivity index (χ0n) is 11.9. The van der Waals surface area contributed by atoms with E-state index in [1.54, 1.807) is 0 Å². The van der Waals surface area contributed by atoms with Gasteiger partial charge < -0.3 is 11.1 Å². The number of nitrogens with two attached hydrogens (primary N) is 1. The van der Waals surface area contributed by atoms with Gasteiger partial charge in [-0.1, -0.05) is 30.4 Å². The van der Waals surface area contributed by atoms with Gasteiger partial charge in [-0.05, 0) is 32.2 Å². The van der Waals surface area contributed by atoms with Crippen LogP contribution in [-0.2, 0) is 0 Å². The van der Waals surface area contributed by atoms with E-state index in [0.717, 1.165) is 28.8 Å². The van der Waals surface area contributed by atoms with E-state index in [-0.39, 0.29) is 4.75 Å². The molecule has 0 bridgehead atoms. The fourth-order valence-electron chi connectivity index (χ4n) is 1.81. The number of rotatable bonds is 5. The van der Waals surface area contributed by atoms with Crippen molar-refractivity contribution in [2.24, 2.45) is 5.73 Å². The first kappa shape index (κ1) is 15.1. The van der Waals surface area contributed by atoms with Crippen molar-refractivity contribution in [3.05, 3.63) is 35.9 Å². The minimum Gasteiger partial charge on any atom is -0.389 e. The lowest BCUT2D eigenvalue weighted by Crippen LogP contribution is -2.27. The molecule has 0 fully saturated rings. The number of aromatic nitrogens is 1. The Bertz CT molecular complexity index is 638. The average molecular weight is 305 g/mol. The zero-order chi connectivity index (χ0) is 14.8. The molecule has 0 amide bonds. The summed E-state index contributed by atoms with van der Waals surface area (Å²) in [7, 11) is 0. The average Bonchev–Trinajstić information content (AvgIpc) is 2.44. The van der Waals surface area contributed by atoms with Crippen molar-refractivity contribution in [1.29, 1.82) is 0 Å². The van der Waals surface area contributed by atoms with Crippen LogP contribution < -0.4 is 11.1 Å². The summed E-state index contributed by atoms with van der Waals surface area (Å²) in [5, 5.41) is 4.42. The lowest BCUT2D eigenvalue weighted by Gasteiger charge is -2.23. The molecule has 2 rings (SSSR count). The van der Waals surface area contributed by atoms with Gasteiger partial charge in [-0.3, -0.25) is 0 Å². The largest absolute Gasteiger partial charge is 0.389 e. The summed E-state index contributed by atoms with van der Waals surface area (Å²) in [4.78, 5) is 5.01. The van der Waals surface area contributed by atoms with Gasteiger partial charge >= 0.3 is 0 Å². The van der Waals surface area contributed by atoms with Crippen LogP contribution in [0.3, 0.4) is 0 Å². The summed E-state index contributed by atoms with van der Waals surface area (Å²) < 4.78 is 0.126. The Balaban J connectivity index is 2.39. The molecule has 1 aromatic heterocycles. The molecular weight excluding hydrogens is 286 g/mol. The van der Waals surface area contributed by atoms with E-state index in [2.05, 4.69) is 30.4 Å². The molecule has 0 aliphatic carbocycles. The standard InChI is InChI=1S/C15H19N3S2/c1-15(2,20-3)9-17-14-11(13(16)19)8-10-6-4-5-7-12(10)18-14/h4-8H,9H2,1-3H3,(H2,16,19)(H,17,18). The topological polar surface area (TPSA) is 50.9 Å². The highest BCUT2D eigenvalue weighted by Gasteiger charge is 2.17. The molecule has 106 valence electrons. The number of hydrogen-bond acceptors (Lipinski definition) is 4. The van der Waals surface area contributed by atoms with E-state index in [0.29, 0.717) is 4.99 Å². The van der Waals surface area contributed by atoms with Crippen LogP contribution in [0.4, 0.5) is 5.82 Å². The lowest BCUT2D eigenvalue weighted by molar-refractivity contribution is 0.750. The van der Waals surface area contributed by atoms with Crippen molar-refractivity contribution in [2.45, 2.75) is 18.6 Å². The van der Waals surface area contributed by atoms with Crippen LogP contribution >= 0.6 is 24.0 Å². The third-order valence-corrected chi connectivity index (χ3v) is 4.69. The zero-order valence-corrected chi connectivity index (χ0v) is 13.6. The van der Waals surface area contributed by atoms with E-state index >= 15 is 0 Å². The summed E-state index contributed by atoms with van der Waals surface area (Å²) in [6.07, 6.45) is 2.10. The van der Waals surface area contributed by atoms with Gasteiger partial charge in [-0.25, -0.2) is 4.98 Å². The molecule has 2 aromatic rings. The Morgan fingerprint density at radius 1 is 1.40 bits per heavy atom. The molecule has 5 heteroatoms. The molecule has 0 saturated carbocycles. The van der Waals surface area contributed by atoms with Gasteiger partial charge in [0.25, 0.3) is 0 Å². The van der Waals surface area contributed by atoms with Gasteiger partial charge in [-0.15, -0.1) is 0 Å². The highest BCUT2D eigenvalue weighted by atomic mass is 32.2. The smallest absolute Gasteiger partial charge is 0.137 e. The Hall–Kier alpha value is -1.33. The van der Waals surface area contributed by atoms with Crippen LogP contribution in [0.15, 0.2) is 30.3 Å². The van der Waals surface area contributed by atoms with Gasteiger partial charge in [0.15, 0.2) is 0 Å². The maximum Gasteiger partial charge on any atom is 0.137 e. The Kier molecular flexibility index (Phi) is 4.50. The summed E-state index contributed by atoms with van der Waals surface area (Å²) in [6.45, 7) is 5.17. The first-order valence-electron chi connectivity index (χ1n) is 6.41. The van der Waals surface area contributed by atoms with E-state index in [1.165, 1.54) is 0 Å². The van der Waals surface area contributed by atoms with Gasteiger partial charge in [0, 0.05) is 16.7 Å². The van der Waals surface area contributed by atoms with Crippen LogP contribution in [0.1, 0.15) is 19.4 Å². The monoisotopic (exact) mass is 305 g/mol. The van der Waals surface area contributed by atoms with Crippen molar-refractivity contribution in [1.82, 2.24) is 4.98 Å². The fraction of sp³-hybridized carbons (Fsp3) is 0.333. The second-order valence-electron chi connectivity index (χ2n) is 5.26. The van der Waals surface area contributed by atoms with E-state index in [9.17, 15) is 0 Å². The number of benzene rings is 1. The second-order valence-corrected chi connectivity index (χ2v) is 7.21. The normalized spacial score (nSPS) is 11.6. The predicted molar refractivity (Wildman–Crippen MR) is 93.7 cm³/mol. The van der Waals surface area contributed by atoms with Crippen LogP contribution in [0.2, 0.25) is 0 Å². The van der Waals surface area contributed by atoms with Crippen LogP contribution in [0.5, 0.6) is 0 Å². The SMILES string of the molecule is CSC(C)(C)CNc1nc2ccccc2cc1C(N)=S. The van der Waals surface area contributed by atoms with Gasteiger partial charge in [0.1, 0.15) is 10.8 Å². The molecule has 0 saturated heterocycles. The first-order chi connectivity index (χ1) is 9.43. The third kappa shape index (κ3) is 3.41. The van der Waals surface area contributed by atoms with Crippen molar-refractivity contribution in [3.8, 4) is 0 Å². The molecule has 0 aliphatic heterocycles. The second kappa shape index (κ2) is 5.97. The minimum atomic E-state index is 0.126. The van der Waals surface area contributed by atoms with E-state index in [4.69, 9.17) is 18.0 Å².